The molecule has 1 aromatic carbocycles. The zero-order valence-electron chi connectivity index (χ0n) is 12.5. The van der Waals surface area contributed by atoms with Crippen molar-refractivity contribution in [2.75, 3.05) is 0 Å². The van der Waals surface area contributed by atoms with Crippen molar-refractivity contribution in [2.45, 2.75) is 13.2 Å². The van der Waals surface area contributed by atoms with E-state index in [9.17, 15) is 9.59 Å². The van der Waals surface area contributed by atoms with Crippen LogP contribution in [-0.2, 0) is 13.2 Å². The summed E-state index contributed by atoms with van der Waals surface area (Å²) in [5.41, 5.74) is 0.484. The van der Waals surface area contributed by atoms with E-state index in [-0.39, 0.29) is 13.2 Å². The molecule has 122 valence electrons. The van der Waals surface area contributed by atoms with Crippen molar-refractivity contribution in [3.05, 3.63) is 70.0 Å². The lowest BCUT2D eigenvalue weighted by molar-refractivity contribution is 0.111. The molecule has 0 unspecified atom stereocenters. The average molecular weight is 327 g/mol. The predicted molar refractivity (Wildman–Crippen MR) is 81.9 cm³/mol. The molecule has 0 amide bonds. The summed E-state index contributed by atoms with van der Waals surface area (Å²) in [4.78, 5) is 22.3. The second kappa shape index (κ2) is 6.78. The van der Waals surface area contributed by atoms with E-state index in [0.29, 0.717) is 22.8 Å². The Labute approximate surface area is 135 Å². The Morgan fingerprint density at radius 2 is 2.17 bits per heavy atom. The number of ether oxygens (including phenoxy) is 1. The molecule has 0 saturated heterocycles. The molecule has 0 fully saturated rings. The molecule has 0 aliphatic heterocycles. The monoisotopic (exact) mass is 327 g/mol. The van der Waals surface area contributed by atoms with Crippen molar-refractivity contribution in [1.82, 2.24) is 15.0 Å². The van der Waals surface area contributed by atoms with Gasteiger partial charge in [0.25, 0.3) is 0 Å². The number of para-hydroxylation sites is 1. The lowest BCUT2D eigenvalue weighted by atomic mass is 10.2. The molecule has 0 aliphatic carbocycles. The summed E-state index contributed by atoms with van der Waals surface area (Å²) in [6, 6.07) is 8.06. The van der Waals surface area contributed by atoms with Gasteiger partial charge < -0.3 is 14.3 Å². The third-order valence-electron chi connectivity index (χ3n) is 3.19. The van der Waals surface area contributed by atoms with Crippen molar-refractivity contribution >= 4 is 6.29 Å². The molecule has 0 spiro atoms. The number of hydrogen-bond donors (Lipinski definition) is 1. The minimum absolute atomic E-state index is 0.143. The minimum atomic E-state index is -0.523. The van der Waals surface area contributed by atoms with Crippen LogP contribution < -0.4 is 10.2 Å². The van der Waals surface area contributed by atoms with Crippen LogP contribution in [0, 0.1) is 0 Å². The number of carbonyl (C=O) groups excluding carboxylic acids is 1. The number of carbonyl (C=O) groups is 1. The fourth-order valence-corrected chi connectivity index (χ4v) is 2.03. The van der Waals surface area contributed by atoms with E-state index < -0.39 is 11.2 Å². The van der Waals surface area contributed by atoms with E-state index in [2.05, 4.69) is 10.3 Å². The Morgan fingerprint density at radius 3 is 2.96 bits per heavy atom. The van der Waals surface area contributed by atoms with Crippen LogP contribution in [-0.4, -0.2) is 26.4 Å². The molecule has 1 N–H and O–H groups in total. The highest BCUT2D eigenvalue weighted by molar-refractivity contribution is 5.79. The smallest absolute Gasteiger partial charge is 0.226 e. The number of benzene rings is 1. The minimum Gasteiger partial charge on any atom is -0.502 e. The summed E-state index contributed by atoms with van der Waals surface area (Å²) >= 11 is 0. The predicted octanol–water partition coefficient (Wildman–Crippen LogP) is 1.38. The van der Waals surface area contributed by atoms with Crippen molar-refractivity contribution < 1.29 is 19.1 Å². The van der Waals surface area contributed by atoms with Gasteiger partial charge in [-0.1, -0.05) is 17.3 Å². The largest absolute Gasteiger partial charge is 0.502 e. The van der Waals surface area contributed by atoms with Crippen LogP contribution in [0.2, 0.25) is 0 Å². The molecule has 24 heavy (non-hydrogen) atoms. The number of aromatic nitrogens is 3. The Hall–Kier alpha value is -3.42. The van der Waals surface area contributed by atoms with Gasteiger partial charge >= 0.3 is 0 Å². The third kappa shape index (κ3) is 3.49. The van der Waals surface area contributed by atoms with Crippen LogP contribution in [0.4, 0.5) is 0 Å². The van der Waals surface area contributed by atoms with Crippen LogP contribution >= 0.6 is 0 Å². The second-order valence-electron chi connectivity index (χ2n) is 4.95. The zero-order chi connectivity index (χ0) is 16.9. The first-order valence-electron chi connectivity index (χ1n) is 7.02. The molecular formula is C16H13N3O5. The summed E-state index contributed by atoms with van der Waals surface area (Å²) < 4.78 is 12.1. The first kappa shape index (κ1) is 15.5. The van der Waals surface area contributed by atoms with Gasteiger partial charge in [-0.2, -0.15) is 0 Å². The maximum absolute atomic E-state index is 11.4. The third-order valence-corrected chi connectivity index (χ3v) is 3.19. The van der Waals surface area contributed by atoms with Gasteiger partial charge in [0, 0.05) is 6.07 Å². The molecule has 0 aliphatic rings. The van der Waals surface area contributed by atoms with Crippen molar-refractivity contribution in [3.8, 4) is 11.5 Å². The average Bonchev–Trinajstić information content (AvgIpc) is 3.04. The number of rotatable bonds is 6. The summed E-state index contributed by atoms with van der Waals surface area (Å²) in [7, 11) is 0. The van der Waals surface area contributed by atoms with Crippen molar-refractivity contribution in [1.29, 1.82) is 0 Å². The van der Waals surface area contributed by atoms with Gasteiger partial charge in [0.05, 0.1) is 11.8 Å². The van der Waals surface area contributed by atoms with E-state index in [1.807, 2.05) is 0 Å². The molecule has 3 aromatic rings. The normalized spacial score (nSPS) is 10.5. The Kier molecular flexibility index (Phi) is 4.37. The fraction of sp³-hybridized carbons (Fsp3) is 0.125. The topological polar surface area (TPSA) is 107 Å². The molecule has 2 heterocycles. The number of aldehydes is 1. The van der Waals surface area contributed by atoms with Crippen molar-refractivity contribution in [3.63, 3.8) is 0 Å². The molecule has 3 rings (SSSR count). The van der Waals surface area contributed by atoms with E-state index in [4.69, 9.17) is 14.3 Å². The van der Waals surface area contributed by atoms with E-state index >= 15 is 0 Å². The van der Waals surface area contributed by atoms with E-state index in [1.54, 1.807) is 30.5 Å². The van der Waals surface area contributed by atoms with Crippen LogP contribution in [0.15, 0.2) is 52.0 Å². The molecule has 0 saturated carbocycles. The lowest BCUT2D eigenvalue weighted by Crippen LogP contribution is -2.05. The Balaban J connectivity index is 1.66. The first-order chi connectivity index (χ1) is 11.7. The summed E-state index contributed by atoms with van der Waals surface area (Å²) in [5, 5.41) is 17.0. The van der Waals surface area contributed by atoms with Gasteiger partial charge in [-0.3, -0.25) is 9.59 Å². The van der Waals surface area contributed by atoms with Crippen LogP contribution in [0.3, 0.4) is 0 Å². The second-order valence-corrected chi connectivity index (χ2v) is 4.95. The summed E-state index contributed by atoms with van der Waals surface area (Å²) in [6.07, 6.45) is 3.34. The van der Waals surface area contributed by atoms with Gasteiger partial charge in [0.2, 0.25) is 5.43 Å². The van der Waals surface area contributed by atoms with Crippen LogP contribution in [0.1, 0.15) is 21.8 Å². The zero-order valence-corrected chi connectivity index (χ0v) is 12.5. The lowest BCUT2D eigenvalue weighted by Gasteiger charge is -2.05. The maximum atomic E-state index is 11.4. The number of nitrogens with zero attached hydrogens (tertiary/aromatic N) is 3. The highest BCUT2D eigenvalue weighted by Gasteiger charge is 2.07. The number of aromatic hydroxyl groups is 1. The van der Waals surface area contributed by atoms with E-state index in [0.717, 1.165) is 12.5 Å². The highest BCUT2D eigenvalue weighted by atomic mass is 16.5. The SMILES string of the molecule is O=Cc1ccccc1OCc1cn(Cc2cc(=O)c(O)co2)nn1. The van der Waals surface area contributed by atoms with Crippen molar-refractivity contribution in [2.24, 2.45) is 0 Å². The maximum Gasteiger partial charge on any atom is 0.226 e. The van der Waals surface area contributed by atoms with Crippen LogP contribution in [0.5, 0.6) is 11.5 Å². The van der Waals surface area contributed by atoms with Gasteiger partial charge in [0.1, 0.15) is 36.6 Å². The molecular weight excluding hydrogens is 314 g/mol. The molecule has 0 atom stereocenters. The van der Waals surface area contributed by atoms with Gasteiger partial charge in [-0.25, -0.2) is 4.68 Å². The Morgan fingerprint density at radius 1 is 1.33 bits per heavy atom. The first-order valence-corrected chi connectivity index (χ1v) is 7.02. The molecule has 2 aromatic heterocycles. The van der Waals surface area contributed by atoms with Crippen LogP contribution in [0.25, 0.3) is 0 Å². The quantitative estimate of drug-likeness (QED) is 0.681. The van der Waals surface area contributed by atoms with E-state index in [1.165, 1.54) is 10.7 Å². The molecule has 8 nitrogen and oxygen atoms in total. The standard InChI is InChI=1S/C16H13N3O5/c20-8-11-3-1-2-4-16(11)24-9-12-6-19(18-17-12)7-13-5-14(21)15(22)10-23-13/h1-6,8,10,22H,7,9H2. The van der Waals surface area contributed by atoms with Gasteiger partial charge in [0.15, 0.2) is 12.0 Å². The summed E-state index contributed by atoms with van der Waals surface area (Å²) in [5.74, 6) is 0.355. The number of hydrogen-bond acceptors (Lipinski definition) is 7. The highest BCUT2D eigenvalue weighted by Crippen LogP contribution is 2.16. The van der Waals surface area contributed by atoms with Gasteiger partial charge in [-0.05, 0) is 12.1 Å². The molecule has 0 radical (unpaired) electrons. The molecule has 0 bridgehead atoms. The Bertz CT molecular complexity index is 916. The fourth-order valence-electron chi connectivity index (χ4n) is 2.03. The summed E-state index contributed by atoms with van der Waals surface area (Å²) in [6.45, 7) is 0.331. The van der Waals surface area contributed by atoms with Gasteiger partial charge in [-0.15, -0.1) is 5.10 Å². The molecule has 8 heteroatoms.